The lowest BCUT2D eigenvalue weighted by Crippen LogP contribution is -2.36. The van der Waals surface area contributed by atoms with Gasteiger partial charge in [-0.2, -0.15) is 10.1 Å². The minimum absolute atomic E-state index is 0.0834. The van der Waals surface area contributed by atoms with E-state index in [-0.39, 0.29) is 18.2 Å². The number of anilines is 2. The Morgan fingerprint density at radius 2 is 2.45 bits per heavy atom. The molecule has 20 heavy (non-hydrogen) atoms. The zero-order valence-electron chi connectivity index (χ0n) is 10.5. The van der Waals surface area contributed by atoms with Crippen LogP contribution in [0, 0.1) is 5.92 Å². The molecule has 2 aromatic rings. The molecule has 3 heterocycles. The van der Waals surface area contributed by atoms with Gasteiger partial charge in [0.2, 0.25) is 17.8 Å². The van der Waals surface area contributed by atoms with Crippen LogP contribution in [0.4, 0.5) is 11.6 Å². The minimum atomic E-state index is -0.458. The average Bonchev–Trinajstić information content (AvgIpc) is 2.87. The summed E-state index contributed by atoms with van der Waals surface area (Å²) in [6, 6.07) is 3.46. The molecule has 0 unspecified atom stereocenters. The molecule has 3 rings (SSSR count). The van der Waals surface area contributed by atoms with E-state index in [2.05, 4.69) is 25.7 Å². The first kappa shape index (κ1) is 12.3. The lowest BCUT2D eigenvalue weighted by Gasteiger charge is -2.21. The number of hydrogen-bond acceptors (Lipinski definition) is 5. The fourth-order valence-electron chi connectivity index (χ4n) is 2.03. The van der Waals surface area contributed by atoms with E-state index in [1.54, 1.807) is 29.2 Å². The molecule has 0 saturated heterocycles. The predicted octanol–water partition coefficient (Wildman–Crippen LogP) is 0.270. The second-order valence-electron chi connectivity index (χ2n) is 4.45. The molecule has 1 aliphatic heterocycles. The van der Waals surface area contributed by atoms with Gasteiger partial charge in [-0.05, 0) is 12.1 Å². The predicted molar refractivity (Wildman–Crippen MR) is 69.6 cm³/mol. The lowest BCUT2D eigenvalue weighted by atomic mass is 10.0. The molecule has 0 spiro atoms. The molecular formula is C12H12N6O2. The van der Waals surface area contributed by atoms with E-state index in [9.17, 15) is 9.59 Å². The molecule has 102 valence electrons. The summed E-state index contributed by atoms with van der Waals surface area (Å²) in [7, 11) is 0. The summed E-state index contributed by atoms with van der Waals surface area (Å²) < 4.78 is 1.57. The summed E-state index contributed by atoms with van der Waals surface area (Å²) in [5.41, 5.74) is 0.607. The number of aromatic nitrogens is 4. The molecule has 0 aromatic carbocycles. The fraction of sp³-hybridized carbons (Fsp3) is 0.250. The van der Waals surface area contributed by atoms with Crippen molar-refractivity contribution in [3.63, 3.8) is 0 Å². The van der Waals surface area contributed by atoms with Crippen LogP contribution in [-0.4, -0.2) is 31.6 Å². The maximum absolute atomic E-state index is 11.9. The first-order chi connectivity index (χ1) is 9.72. The monoisotopic (exact) mass is 272 g/mol. The zero-order chi connectivity index (χ0) is 13.9. The average molecular weight is 272 g/mol. The number of carbonyl (C=O) groups is 2. The van der Waals surface area contributed by atoms with Crippen LogP contribution in [0.1, 0.15) is 6.42 Å². The van der Waals surface area contributed by atoms with Gasteiger partial charge in [0, 0.05) is 12.6 Å². The van der Waals surface area contributed by atoms with Gasteiger partial charge in [0.05, 0.1) is 24.3 Å². The molecular weight excluding hydrogens is 260 g/mol. The topological polar surface area (TPSA) is 102 Å². The van der Waals surface area contributed by atoms with Crippen LogP contribution in [-0.2, 0) is 16.1 Å². The fourth-order valence-corrected chi connectivity index (χ4v) is 2.03. The van der Waals surface area contributed by atoms with Crippen molar-refractivity contribution >= 4 is 23.5 Å². The van der Waals surface area contributed by atoms with Gasteiger partial charge in [-0.15, -0.1) is 0 Å². The second-order valence-corrected chi connectivity index (χ2v) is 4.45. The number of amides is 2. The van der Waals surface area contributed by atoms with Crippen molar-refractivity contribution in [1.29, 1.82) is 0 Å². The zero-order valence-corrected chi connectivity index (χ0v) is 10.5. The van der Waals surface area contributed by atoms with Crippen LogP contribution in [0.15, 0.2) is 30.9 Å². The summed E-state index contributed by atoms with van der Waals surface area (Å²) in [6.45, 7) is 0.349. The van der Waals surface area contributed by atoms with Crippen LogP contribution < -0.4 is 10.6 Å². The third-order valence-electron chi connectivity index (χ3n) is 2.99. The summed E-state index contributed by atoms with van der Waals surface area (Å²) in [5.74, 6) is -0.492. The highest BCUT2D eigenvalue weighted by Gasteiger charge is 2.29. The Morgan fingerprint density at radius 3 is 3.25 bits per heavy atom. The number of nitrogens with one attached hydrogen (secondary N) is 2. The molecule has 2 amide bonds. The van der Waals surface area contributed by atoms with E-state index >= 15 is 0 Å². The first-order valence-electron chi connectivity index (χ1n) is 6.11. The van der Waals surface area contributed by atoms with Crippen molar-refractivity contribution in [2.75, 3.05) is 10.6 Å². The Bertz CT molecular complexity index is 638. The van der Waals surface area contributed by atoms with Gasteiger partial charge in [0.25, 0.3) is 0 Å². The van der Waals surface area contributed by atoms with Gasteiger partial charge in [0.15, 0.2) is 0 Å². The molecule has 8 nitrogen and oxygen atoms in total. The highest BCUT2D eigenvalue weighted by atomic mass is 16.2. The molecule has 0 fully saturated rings. The Labute approximate surface area is 114 Å². The summed E-state index contributed by atoms with van der Waals surface area (Å²) in [5, 5.41) is 9.30. The maximum Gasteiger partial charge on any atom is 0.232 e. The molecule has 2 N–H and O–H groups in total. The molecule has 1 aliphatic rings. The van der Waals surface area contributed by atoms with Crippen molar-refractivity contribution in [2.24, 2.45) is 5.92 Å². The van der Waals surface area contributed by atoms with Crippen molar-refractivity contribution in [3.05, 3.63) is 30.9 Å². The third kappa shape index (κ3) is 2.48. The molecule has 0 bridgehead atoms. The van der Waals surface area contributed by atoms with Gasteiger partial charge >= 0.3 is 0 Å². The SMILES string of the molecule is O=C(C[C@H]1Cn2ncnc2NC1=O)Nc1cccnc1. The standard InChI is InChI=1S/C12H12N6O2/c19-10(16-9-2-1-3-13-5-9)4-8-6-18-12(14-7-15-18)17-11(8)20/h1-3,5,7-8H,4,6H2,(H,16,19)(H,14,15,17,20)/t8-/m0/s1. The van der Waals surface area contributed by atoms with E-state index in [0.717, 1.165) is 0 Å². The minimum Gasteiger partial charge on any atom is -0.325 e. The Morgan fingerprint density at radius 1 is 1.55 bits per heavy atom. The third-order valence-corrected chi connectivity index (χ3v) is 2.99. The number of nitrogens with zero attached hydrogens (tertiary/aromatic N) is 4. The van der Waals surface area contributed by atoms with Crippen LogP contribution in [0.3, 0.4) is 0 Å². The molecule has 8 heteroatoms. The van der Waals surface area contributed by atoms with E-state index in [1.807, 2.05) is 0 Å². The molecule has 0 aliphatic carbocycles. The normalized spacial score (nSPS) is 17.2. The van der Waals surface area contributed by atoms with Crippen LogP contribution in [0.5, 0.6) is 0 Å². The van der Waals surface area contributed by atoms with Crippen LogP contribution in [0.2, 0.25) is 0 Å². The summed E-state index contributed by atoms with van der Waals surface area (Å²) in [6.07, 6.45) is 4.62. The Kier molecular flexibility index (Phi) is 3.12. The highest BCUT2D eigenvalue weighted by Crippen LogP contribution is 2.18. The quantitative estimate of drug-likeness (QED) is 0.835. The first-order valence-corrected chi connectivity index (χ1v) is 6.11. The molecule has 2 aromatic heterocycles. The smallest absolute Gasteiger partial charge is 0.232 e. The van der Waals surface area contributed by atoms with E-state index in [1.165, 1.54) is 6.33 Å². The molecule has 0 radical (unpaired) electrons. The number of rotatable bonds is 3. The largest absolute Gasteiger partial charge is 0.325 e. The summed E-state index contributed by atoms with van der Waals surface area (Å²) >= 11 is 0. The summed E-state index contributed by atoms with van der Waals surface area (Å²) in [4.78, 5) is 31.6. The molecule has 1 atom stereocenters. The van der Waals surface area contributed by atoms with Gasteiger partial charge in [-0.25, -0.2) is 4.68 Å². The molecule has 0 saturated carbocycles. The lowest BCUT2D eigenvalue weighted by molar-refractivity contribution is -0.125. The van der Waals surface area contributed by atoms with Crippen LogP contribution >= 0.6 is 0 Å². The van der Waals surface area contributed by atoms with E-state index in [0.29, 0.717) is 18.2 Å². The number of hydrogen-bond donors (Lipinski definition) is 2. The van der Waals surface area contributed by atoms with Gasteiger partial charge < -0.3 is 5.32 Å². The number of carbonyl (C=O) groups excluding carboxylic acids is 2. The van der Waals surface area contributed by atoms with E-state index < -0.39 is 5.92 Å². The van der Waals surface area contributed by atoms with E-state index in [4.69, 9.17) is 0 Å². The number of fused-ring (bicyclic) bond motifs is 1. The maximum atomic E-state index is 11.9. The van der Waals surface area contributed by atoms with Gasteiger partial charge in [-0.3, -0.25) is 19.9 Å². The Hall–Kier alpha value is -2.77. The van der Waals surface area contributed by atoms with Crippen molar-refractivity contribution < 1.29 is 9.59 Å². The van der Waals surface area contributed by atoms with Gasteiger partial charge in [0.1, 0.15) is 6.33 Å². The van der Waals surface area contributed by atoms with Crippen molar-refractivity contribution in [3.8, 4) is 0 Å². The Balaban J connectivity index is 1.63. The van der Waals surface area contributed by atoms with Crippen molar-refractivity contribution in [2.45, 2.75) is 13.0 Å². The number of pyridine rings is 1. The second kappa shape index (κ2) is 5.08. The highest BCUT2D eigenvalue weighted by molar-refractivity contribution is 5.98. The van der Waals surface area contributed by atoms with Crippen LogP contribution in [0.25, 0.3) is 0 Å². The van der Waals surface area contributed by atoms with Crippen molar-refractivity contribution in [1.82, 2.24) is 19.7 Å². The van der Waals surface area contributed by atoms with Gasteiger partial charge in [-0.1, -0.05) is 0 Å².